The number of benzene rings is 2. The van der Waals surface area contributed by atoms with Crippen LogP contribution in [0.25, 0.3) is 0 Å². The third-order valence-corrected chi connectivity index (χ3v) is 5.15. The molecule has 3 N–H and O–H groups in total. The number of hydrogen-bond acceptors (Lipinski definition) is 4. The Labute approximate surface area is 207 Å². The predicted octanol–water partition coefficient (Wildman–Crippen LogP) is 3.14. The van der Waals surface area contributed by atoms with Gasteiger partial charge in [0.25, 0.3) is 0 Å². The first-order chi connectivity index (χ1) is 15.1. The van der Waals surface area contributed by atoms with Gasteiger partial charge >= 0.3 is 0 Å². The van der Waals surface area contributed by atoms with E-state index in [4.69, 9.17) is 4.99 Å². The van der Waals surface area contributed by atoms with Crippen LogP contribution in [0.5, 0.6) is 0 Å². The Kier molecular flexibility index (Phi) is 10.6. The summed E-state index contributed by atoms with van der Waals surface area (Å²) >= 11 is 0. The maximum absolute atomic E-state index is 11.6. The summed E-state index contributed by atoms with van der Waals surface area (Å²) in [5.41, 5.74) is 0.825. The van der Waals surface area contributed by atoms with Gasteiger partial charge in [0.2, 0.25) is 0 Å². The molecular weight excluding hydrogens is 515 g/mol. The summed E-state index contributed by atoms with van der Waals surface area (Å²) in [6.45, 7) is 6.50. The lowest BCUT2D eigenvalue weighted by Crippen LogP contribution is -2.41. The predicted molar refractivity (Wildman–Crippen MR) is 139 cm³/mol. The number of halogens is 1. The molecule has 0 saturated carbocycles. The Morgan fingerprint density at radius 2 is 1.72 bits per heavy atom. The summed E-state index contributed by atoms with van der Waals surface area (Å²) < 4.78 is 2.03. The molecule has 0 radical (unpaired) electrons. The Hall–Kier alpha value is -2.46. The fourth-order valence-electron chi connectivity index (χ4n) is 3.52. The summed E-state index contributed by atoms with van der Waals surface area (Å²) in [5.74, 6) is 1.64. The van der Waals surface area contributed by atoms with E-state index in [2.05, 4.69) is 27.8 Å². The number of aryl methyl sites for hydroxylation is 1. The second-order valence-corrected chi connectivity index (χ2v) is 7.48. The lowest BCUT2D eigenvalue weighted by Gasteiger charge is -2.28. The topological polar surface area (TPSA) is 87.4 Å². The highest BCUT2D eigenvalue weighted by atomic mass is 127. The second kappa shape index (κ2) is 13.2. The van der Waals surface area contributed by atoms with Gasteiger partial charge < -0.3 is 20.3 Å². The molecule has 0 aliphatic rings. The van der Waals surface area contributed by atoms with Gasteiger partial charge in [-0.1, -0.05) is 67.6 Å². The van der Waals surface area contributed by atoms with E-state index in [1.54, 1.807) is 6.33 Å². The van der Waals surface area contributed by atoms with Crippen molar-refractivity contribution >= 4 is 29.9 Å². The van der Waals surface area contributed by atoms with Crippen molar-refractivity contribution in [1.29, 1.82) is 0 Å². The molecule has 32 heavy (non-hydrogen) atoms. The maximum Gasteiger partial charge on any atom is 0.191 e. The van der Waals surface area contributed by atoms with Crippen molar-refractivity contribution in [2.75, 3.05) is 19.6 Å². The zero-order chi connectivity index (χ0) is 21.9. The number of hydrogen-bond donors (Lipinski definition) is 3. The van der Waals surface area contributed by atoms with Gasteiger partial charge in [-0.3, -0.25) is 0 Å². The lowest BCUT2D eigenvalue weighted by atomic mass is 9.87. The van der Waals surface area contributed by atoms with Gasteiger partial charge in [0.05, 0.1) is 6.54 Å². The lowest BCUT2D eigenvalue weighted by molar-refractivity contribution is 0.0467. The summed E-state index contributed by atoms with van der Waals surface area (Å²) in [4.78, 5) is 4.72. The molecular formula is C24H33IN6O. The Morgan fingerprint density at radius 3 is 2.38 bits per heavy atom. The molecule has 8 heteroatoms. The van der Waals surface area contributed by atoms with Crippen LogP contribution in [0.4, 0.5) is 0 Å². The van der Waals surface area contributed by atoms with E-state index < -0.39 is 5.60 Å². The minimum absolute atomic E-state index is 0. The van der Waals surface area contributed by atoms with E-state index in [1.807, 2.05) is 72.2 Å². The largest absolute Gasteiger partial charge is 0.383 e. The van der Waals surface area contributed by atoms with E-state index in [1.165, 1.54) is 0 Å². The van der Waals surface area contributed by atoms with Gasteiger partial charge in [0.15, 0.2) is 5.96 Å². The highest BCUT2D eigenvalue weighted by Gasteiger charge is 2.29. The molecule has 1 unspecified atom stereocenters. The third kappa shape index (κ3) is 7.30. The van der Waals surface area contributed by atoms with E-state index in [0.717, 1.165) is 36.5 Å². The minimum Gasteiger partial charge on any atom is -0.383 e. The molecule has 3 rings (SSSR count). The molecule has 2 aromatic carbocycles. The SMILES string of the molecule is CCNC(=NCC(O)(Cc1ccccc1)c1ccccc1)NCCn1cnnc1CC.I. The number of nitrogens with one attached hydrogen (secondary N) is 2. The molecule has 0 aliphatic heterocycles. The highest BCUT2D eigenvalue weighted by Crippen LogP contribution is 2.26. The van der Waals surface area contributed by atoms with Crippen LogP contribution in [-0.4, -0.2) is 45.5 Å². The molecule has 0 aliphatic carbocycles. The molecule has 0 fully saturated rings. The average molecular weight is 548 g/mol. The van der Waals surface area contributed by atoms with Crippen LogP contribution in [0.3, 0.4) is 0 Å². The summed E-state index contributed by atoms with van der Waals surface area (Å²) in [6, 6.07) is 19.8. The molecule has 3 aromatic rings. The maximum atomic E-state index is 11.6. The first kappa shape index (κ1) is 25.8. The molecule has 0 saturated heterocycles. The van der Waals surface area contributed by atoms with Crippen LogP contribution >= 0.6 is 24.0 Å². The van der Waals surface area contributed by atoms with Gasteiger partial charge in [-0.05, 0) is 18.1 Å². The van der Waals surface area contributed by atoms with E-state index in [9.17, 15) is 5.11 Å². The Balaban J connectivity index is 0.00000363. The van der Waals surface area contributed by atoms with Crippen molar-refractivity contribution in [2.45, 2.75) is 38.8 Å². The van der Waals surface area contributed by atoms with Gasteiger partial charge in [0.1, 0.15) is 17.8 Å². The fraction of sp³-hybridized carbons (Fsp3) is 0.375. The van der Waals surface area contributed by atoms with E-state index in [0.29, 0.717) is 18.9 Å². The third-order valence-electron chi connectivity index (χ3n) is 5.15. The van der Waals surface area contributed by atoms with Crippen molar-refractivity contribution < 1.29 is 5.11 Å². The van der Waals surface area contributed by atoms with Crippen LogP contribution in [-0.2, 0) is 25.0 Å². The molecule has 1 aromatic heterocycles. The molecule has 1 heterocycles. The minimum atomic E-state index is -1.10. The zero-order valence-corrected chi connectivity index (χ0v) is 21.1. The summed E-state index contributed by atoms with van der Waals surface area (Å²) in [5, 5.41) is 26.3. The summed E-state index contributed by atoms with van der Waals surface area (Å²) in [6.07, 6.45) is 3.08. The first-order valence-corrected chi connectivity index (χ1v) is 10.9. The normalized spacial score (nSPS) is 13.2. The van der Waals surface area contributed by atoms with Crippen molar-refractivity contribution in [3.63, 3.8) is 0 Å². The van der Waals surface area contributed by atoms with Crippen LogP contribution in [0.2, 0.25) is 0 Å². The smallest absolute Gasteiger partial charge is 0.191 e. The van der Waals surface area contributed by atoms with Crippen LogP contribution in [0.1, 0.15) is 30.8 Å². The number of aliphatic hydroxyl groups is 1. The average Bonchev–Trinajstić information content (AvgIpc) is 3.26. The molecule has 0 spiro atoms. The number of nitrogens with zero attached hydrogens (tertiary/aromatic N) is 4. The zero-order valence-electron chi connectivity index (χ0n) is 18.7. The number of rotatable bonds is 10. The van der Waals surface area contributed by atoms with Crippen LogP contribution < -0.4 is 10.6 Å². The van der Waals surface area contributed by atoms with Crippen molar-refractivity contribution in [3.05, 3.63) is 83.9 Å². The van der Waals surface area contributed by atoms with Gasteiger partial charge in [-0.2, -0.15) is 0 Å². The first-order valence-electron chi connectivity index (χ1n) is 10.9. The number of aromatic nitrogens is 3. The summed E-state index contributed by atoms with van der Waals surface area (Å²) in [7, 11) is 0. The molecule has 0 amide bonds. The quantitative estimate of drug-likeness (QED) is 0.206. The fourth-order valence-corrected chi connectivity index (χ4v) is 3.52. The van der Waals surface area contributed by atoms with Gasteiger partial charge in [-0.25, -0.2) is 4.99 Å². The van der Waals surface area contributed by atoms with E-state index >= 15 is 0 Å². The monoisotopic (exact) mass is 548 g/mol. The molecule has 172 valence electrons. The standard InChI is InChI=1S/C24H32N6O.HI/c1-3-22-29-28-19-30(22)16-15-26-23(25-4-2)27-18-24(31,21-13-9-6-10-14-21)17-20-11-7-5-8-12-20;/h5-14,19,31H,3-4,15-18H2,1-2H3,(H2,25,26,27);1H. The molecule has 0 bridgehead atoms. The van der Waals surface area contributed by atoms with Crippen molar-refractivity contribution in [3.8, 4) is 0 Å². The van der Waals surface area contributed by atoms with Crippen LogP contribution in [0.15, 0.2) is 72.0 Å². The Morgan fingerprint density at radius 1 is 1.03 bits per heavy atom. The van der Waals surface area contributed by atoms with E-state index in [-0.39, 0.29) is 30.5 Å². The van der Waals surface area contributed by atoms with Gasteiger partial charge in [0, 0.05) is 32.5 Å². The van der Waals surface area contributed by atoms with Crippen molar-refractivity contribution in [1.82, 2.24) is 25.4 Å². The van der Waals surface area contributed by atoms with Crippen molar-refractivity contribution in [2.24, 2.45) is 4.99 Å². The van der Waals surface area contributed by atoms with Gasteiger partial charge in [-0.15, -0.1) is 34.2 Å². The molecule has 7 nitrogen and oxygen atoms in total. The number of guanidine groups is 1. The number of aliphatic imine (C=N–C) groups is 1. The second-order valence-electron chi connectivity index (χ2n) is 7.48. The van der Waals surface area contributed by atoms with Crippen LogP contribution in [0, 0.1) is 0 Å². The molecule has 1 atom stereocenters. The highest BCUT2D eigenvalue weighted by molar-refractivity contribution is 14.0. The Bertz CT molecular complexity index is 947.